The Balaban J connectivity index is 3.40. The summed E-state index contributed by atoms with van der Waals surface area (Å²) < 4.78 is 0.387. The van der Waals surface area contributed by atoms with Crippen molar-refractivity contribution in [3.05, 3.63) is 33.9 Å². The fourth-order valence-electron chi connectivity index (χ4n) is 0.634. The highest BCUT2D eigenvalue weighted by Gasteiger charge is 2.08. The van der Waals surface area contributed by atoms with Crippen LogP contribution in [0.25, 0.3) is 0 Å². The molecule has 0 fully saturated rings. The summed E-state index contributed by atoms with van der Waals surface area (Å²) in [6.07, 6.45) is 1.15. The van der Waals surface area contributed by atoms with E-state index < -0.39 is 16.1 Å². The first-order chi connectivity index (χ1) is 5.13. The SMILES string of the molecule is N=c1c([N+](=O)[O-])cccn1O. The first-order valence-electron chi connectivity index (χ1n) is 2.73. The number of nitro groups is 1. The minimum atomic E-state index is -0.727. The van der Waals surface area contributed by atoms with Crippen LogP contribution < -0.4 is 5.49 Å². The summed E-state index contributed by atoms with van der Waals surface area (Å²) in [6, 6.07) is 2.44. The molecule has 0 saturated heterocycles. The third-order valence-corrected chi connectivity index (χ3v) is 1.15. The minimum absolute atomic E-state index is 0.387. The molecule has 0 bridgehead atoms. The predicted molar refractivity (Wildman–Crippen MR) is 34.1 cm³/mol. The van der Waals surface area contributed by atoms with E-state index in [1.807, 2.05) is 0 Å². The molecule has 1 rings (SSSR count). The summed E-state index contributed by atoms with van der Waals surface area (Å²) in [7, 11) is 0. The molecule has 0 aromatic carbocycles. The number of hydrogen-bond acceptors (Lipinski definition) is 4. The quantitative estimate of drug-likeness (QED) is 0.342. The van der Waals surface area contributed by atoms with Gasteiger partial charge in [0, 0.05) is 12.3 Å². The molecular formula is C5H5N3O3. The fraction of sp³-hybridized carbons (Fsp3) is 0. The first-order valence-corrected chi connectivity index (χ1v) is 2.73. The molecule has 1 aromatic rings. The van der Waals surface area contributed by atoms with E-state index in [1.54, 1.807) is 0 Å². The second kappa shape index (κ2) is 2.41. The van der Waals surface area contributed by atoms with Crippen LogP contribution in [-0.2, 0) is 0 Å². The largest absolute Gasteiger partial charge is 0.427 e. The van der Waals surface area contributed by atoms with Gasteiger partial charge >= 0.3 is 5.69 Å². The van der Waals surface area contributed by atoms with Gasteiger partial charge in [-0.05, 0) is 6.07 Å². The normalized spacial score (nSPS) is 9.45. The highest BCUT2D eigenvalue weighted by atomic mass is 16.6. The summed E-state index contributed by atoms with van der Waals surface area (Å²) in [4.78, 5) is 9.41. The van der Waals surface area contributed by atoms with E-state index in [0.29, 0.717) is 4.73 Å². The van der Waals surface area contributed by atoms with Crippen molar-refractivity contribution in [1.29, 1.82) is 5.41 Å². The van der Waals surface area contributed by atoms with Gasteiger partial charge in [-0.2, -0.15) is 4.73 Å². The van der Waals surface area contributed by atoms with Crippen LogP contribution in [0.15, 0.2) is 18.3 Å². The number of rotatable bonds is 1. The number of pyridine rings is 1. The van der Waals surface area contributed by atoms with Crippen molar-refractivity contribution in [2.24, 2.45) is 0 Å². The second-order valence-corrected chi connectivity index (χ2v) is 1.84. The van der Waals surface area contributed by atoms with Gasteiger partial charge in [0.05, 0.1) is 4.92 Å². The zero-order valence-corrected chi connectivity index (χ0v) is 5.39. The zero-order valence-electron chi connectivity index (χ0n) is 5.39. The Morgan fingerprint density at radius 1 is 1.73 bits per heavy atom. The maximum Gasteiger partial charge on any atom is 0.314 e. The van der Waals surface area contributed by atoms with E-state index in [9.17, 15) is 10.1 Å². The summed E-state index contributed by atoms with van der Waals surface area (Å²) >= 11 is 0. The van der Waals surface area contributed by atoms with Gasteiger partial charge in [0.2, 0.25) is 5.49 Å². The van der Waals surface area contributed by atoms with Gasteiger partial charge in [-0.15, -0.1) is 0 Å². The van der Waals surface area contributed by atoms with Crippen molar-refractivity contribution in [3.8, 4) is 0 Å². The monoisotopic (exact) mass is 155 g/mol. The highest BCUT2D eigenvalue weighted by molar-refractivity contribution is 5.22. The summed E-state index contributed by atoms with van der Waals surface area (Å²) in [5.74, 6) is 0. The Bertz CT molecular complexity index is 343. The van der Waals surface area contributed by atoms with Crippen LogP contribution in [0.2, 0.25) is 0 Å². The van der Waals surface area contributed by atoms with Crippen molar-refractivity contribution in [2.75, 3.05) is 0 Å². The lowest BCUT2D eigenvalue weighted by Gasteiger charge is -1.94. The van der Waals surface area contributed by atoms with E-state index >= 15 is 0 Å². The molecule has 2 N–H and O–H groups in total. The van der Waals surface area contributed by atoms with Crippen LogP contribution in [0.3, 0.4) is 0 Å². The number of hydrogen-bond donors (Lipinski definition) is 2. The Hall–Kier alpha value is -1.85. The molecule has 0 amide bonds. The van der Waals surface area contributed by atoms with E-state index in [2.05, 4.69) is 0 Å². The molecule has 0 atom stereocenters. The smallest absolute Gasteiger partial charge is 0.314 e. The Kier molecular flexibility index (Phi) is 1.59. The van der Waals surface area contributed by atoms with E-state index in [4.69, 9.17) is 10.6 Å². The Morgan fingerprint density at radius 3 is 2.82 bits per heavy atom. The maximum absolute atomic E-state index is 10.1. The zero-order chi connectivity index (χ0) is 8.43. The van der Waals surface area contributed by atoms with Gasteiger partial charge in [0.1, 0.15) is 0 Å². The molecule has 58 valence electrons. The Morgan fingerprint density at radius 2 is 2.36 bits per heavy atom. The number of nitrogens with one attached hydrogen (secondary N) is 1. The molecule has 0 aliphatic heterocycles. The van der Waals surface area contributed by atoms with Gasteiger partial charge in [-0.1, -0.05) is 0 Å². The lowest BCUT2D eigenvalue weighted by molar-refractivity contribution is -0.387. The lowest BCUT2D eigenvalue weighted by atomic mass is 10.4. The van der Waals surface area contributed by atoms with Gasteiger partial charge in [0.25, 0.3) is 0 Å². The number of aromatic nitrogens is 1. The summed E-state index contributed by atoms with van der Waals surface area (Å²) in [6.45, 7) is 0. The van der Waals surface area contributed by atoms with Gasteiger partial charge in [-0.25, -0.2) is 0 Å². The topological polar surface area (TPSA) is 92.1 Å². The average Bonchev–Trinajstić information content (AvgIpc) is 1.94. The number of nitrogens with zero attached hydrogens (tertiary/aromatic N) is 2. The molecule has 0 aliphatic carbocycles. The van der Waals surface area contributed by atoms with E-state index in [0.717, 1.165) is 12.3 Å². The Labute approximate surface area is 60.9 Å². The van der Waals surface area contributed by atoms with Crippen LogP contribution in [0.5, 0.6) is 0 Å². The van der Waals surface area contributed by atoms with Crippen molar-refractivity contribution >= 4 is 5.69 Å². The van der Waals surface area contributed by atoms with Crippen LogP contribution in [0.1, 0.15) is 0 Å². The highest BCUT2D eigenvalue weighted by Crippen LogP contribution is 1.99. The fourth-order valence-corrected chi connectivity index (χ4v) is 0.634. The summed E-state index contributed by atoms with van der Waals surface area (Å²) in [5.41, 5.74) is -0.951. The van der Waals surface area contributed by atoms with Crippen molar-refractivity contribution in [2.45, 2.75) is 0 Å². The standard InChI is InChI=1S/C5H5N3O3/c6-5-4(8(10)11)2-1-3-7(5)9/h1-3,6,9H. The third-order valence-electron chi connectivity index (χ3n) is 1.15. The summed E-state index contributed by atoms with van der Waals surface area (Å²) in [5, 5.41) is 25.9. The van der Waals surface area contributed by atoms with Gasteiger partial charge < -0.3 is 5.21 Å². The maximum atomic E-state index is 10.1. The van der Waals surface area contributed by atoms with Gasteiger partial charge in [-0.3, -0.25) is 15.5 Å². The second-order valence-electron chi connectivity index (χ2n) is 1.84. The molecular weight excluding hydrogens is 150 g/mol. The molecule has 6 nitrogen and oxygen atoms in total. The molecule has 6 heteroatoms. The van der Waals surface area contributed by atoms with Crippen molar-refractivity contribution in [1.82, 2.24) is 4.73 Å². The molecule has 0 saturated carbocycles. The van der Waals surface area contributed by atoms with E-state index in [-0.39, 0.29) is 0 Å². The van der Waals surface area contributed by atoms with Crippen molar-refractivity contribution in [3.63, 3.8) is 0 Å². The first kappa shape index (κ1) is 7.26. The minimum Gasteiger partial charge on any atom is -0.427 e. The molecule has 1 aromatic heterocycles. The molecule has 0 aliphatic rings. The molecule has 0 radical (unpaired) electrons. The molecule has 0 spiro atoms. The van der Waals surface area contributed by atoms with Gasteiger partial charge in [0.15, 0.2) is 0 Å². The average molecular weight is 155 g/mol. The van der Waals surface area contributed by atoms with Crippen LogP contribution in [0, 0.1) is 15.5 Å². The van der Waals surface area contributed by atoms with Crippen LogP contribution >= 0.6 is 0 Å². The van der Waals surface area contributed by atoms with Crippen LogP contribution in [-0.4, -0.2) is 14.9 Å². The lowest BCUT2D eigenvalue weighted by Crippen LogP contribution is -2.19. The third kappa shape index (κ3) is 1.18. The molecule has 0 unspecified atom stereocenters. The predicted octanol–water partition coefficient (Wildman–Crippen LogP) is 0.113. The van der Waals surface area contributed by atoms with E-state index in [1.165, 1.54) is 6.07 Å². The molecule has 11 heavy (non-hydrogen) atoms. The van der Waals surface area contributed by atoms with Crippen molar-refractivity contribution < 1.29 is 10.1 Å². The molecule has 1 heterocycles. The van der Waals surface area contributed by atoms with Crippen LogP contribution in [0.4, 0.5) is 5.69 Å².